The van der Waals surface area contributed by atoms with Crippen LogP contribution in [0.15, 0.2) is 84.9 Å². The molecule has 0 atom stereocenters. The second-order valence-corrected chi connectivity index (χ2v) is 7.17. The smallest absolute Gasteiger partial charge is 0.218 e. The summed E-state index contributed by atoms with van der Waals surface area (Å²) in [7, 11) is 3.94. The van der Waals surface area contributed by atoms with E-state index < -0.39 is 6.41 Å². The summed E-state index contributed by atoms with van der Waals surface area (Å²) in [5.74, 6) is 0. The second kappa shape index (κ2) is 8.53. The first-order valence-corrected chi connectivity index (χ1v) is 9.55. The van der Waals surface area contributed by atoms with E-state index in [0.717, 1.165) is 0 Å². The van der Waals surface area contributed by atoms with E-state index in [4.69, 9.17) is 9.47 Å². The number of benzene rings is 4. The minimum Gasteiger partial charge on any atom is -0.335 e. The van der Waals surface area contributed by atoms with Gasteiger partial charge in [-0.3, -0.25) is 4.90 Å². The van der Waals surface area contributed by atoms with Crippen LogP contribution in [0.25, 0.3) is 21.5 Å². The van der Waals surface area contributed by atoms with Gasteiger partial charge in [-0.2, -0.15) is 0 Å². The van der Waals surface area contributed by atoms with Crippen LogP contribution in [0.4, 0.5) is 0 Å². The van der Waals surface area contributed by atoms with Crippen molar-refractivity contribution in [2.45, 2.75) is 19.6 Å². The fraction of sp³-hybridized carbons (Fsp3) is 0.200. The van der Waals surface area contributed by atoms with Gasteiger partial charge >= 0.3 is 0 Å². The molecule has 0 spiro atoms. The highest BCUT2D eigenvalue weighted by molar-refractivity contribution is 5.86. The number of rotatable bonds is 7. The molecule has 4 rings (SSSR count). The highest BCUT2D eigenvalue weighted by Gasteiger charge is 2.14. The molecule has 0 fully saturated rings. The molecule has 0 saturated carbocycles. The number of ether oxygens (including phenoxy) is 2. The Morgan fingerprint density at radius 2 is 1.04 bits per heavy atom. The Bertz CT molecular complexity index is 980. The molecule has 0 saturated heterocycles. The molecule has 0 unspecified atom stereocenters. The number of hydrogen-bond acceptors (Lipinski definition) is 3. The molecule has 4 aromatic rings. The Labute approximate surface area is 166 Å². The molecule has 4 aromatic carbocycles. The van der Waals surface area contributed by atoms with Crippen LogP contribution >= 0.6 is 0 Å². The van der Waals surface area contributed by atoms with Gasteiger partial charge in [0.1, 0.15) is 0 Å². The summed E-state index contributed by atoms with van der Waals surface area (Å²) < 4.78 is 12.3. The molecular weight excluding hydrogens is 346 g/mol. The summed E-state index contributed by atoms with van der Waals surface area (Å²) in [6, 6.07) is 29.4. The van der Waals surface area contributed by atoms with E-state index in [0.29, 0.717) is 13.2 Å². The lowest BCUT2D eigenvalue weighted by atomic mass is 10.1. The first-order chi connectivity index (χ1) is 13.7. The molecule has 0 radical (unpaired) electrons. The van der Waals surface area contributed by atoms with Crippen LogP contribution < -0.4 is 0 Å². The van der Waals surface area contributed by atoms with E-state index in [2.05, 4.69) is 84.9 Å². The zero-order valence-electron chi connectivity index (χ0n) is 16.3. The van der Waals surface area contributed by atoms with Crippen molar-refractivity contribution >= 4 is 21.5 Å². The van der Waals surface area contributed by atoms with E-state index in [9.17, 15) is 0 Å². The van der Waals surface area contributed by atoms with E-state index >= 15 is 0 Å². The lowest BCUT2D eigenvalue weighted by Gasteiger charge is -2.25. The molecule has 0 bridgehead atoms. The van der Waals surface area contributed by atoms with Crippen LogP contribution in [0.2, 0.25) is 0 Å². The molecule has 0 aliphatic rings. The van der Waals surface area contributed by atoms with Crippen LogP contribution in [0.5, 0.6) is 0 Å². The van der Waals surface area contributed by atoms with Gasteiger partial charge in [0.25, 0.3) is 0 Å². The average molecular weight is 371 g/mol. The van der Waals surface area contributed by atoms with Gasteiger partial charge in [-0.05, 0) is 46.8 Å². The lowest BCUT2D eigenvalue weighted by molar-refractivity contribution is -0.223. The van der Waals surface area contributed by atoms with Crippen LogP contribution in [0.3, 0.4) is 0 Å². The first kappa shape index (κ1) is 18.6. The highest BCUT2D eigenvalue weighted by atomic mass is 16.7. The van der Waals surface area contributed by atoms with Crippen molar-refractivity contribution in [2.75, 3.05) is 14.1 Å². The molecule has 0 heterocycles. The SMILES string of the molecule is CN(C)C(OCc1cccc2ccccc12)OCc1cccc2ccccc12. The normalized spacial score (nSPS) is 11.7. The Balaban J connectivity index is 1.47. The topological polar surface area (TPSA) is 21.7 Å². The van der Waals surface area contributed by atoms with Gasteiger partial charge < -0.3 is 9.47 Å². The summed E-state index contributed by atoms with van der Waals surface area (Å²) in [4.78, 5) is 1.95. The maximum Gasteiger partial charge on any atom is 0.218 e. The second-order valence-electron chi connectivity index (χ2n) is 7.17. The molecule has 0 N–H and O–H groups in total. The quantitative estimate of drug-likeness (QED) is 0.396. The van der Waals surface area contributed by atoms with E-state index in [1.807, 2.05) is 19.0 Å². The highest BCUT2D eigenvalue weighted by Crippen LogP contribution is 2.22. The number of nitrogens with zero attached hydrogens (tertiary/aromatic N) is 1. The fourth-order valence-electron chi connectivity index (χ4n) is 3.51. The molecule has 3 heteroatoms. The number of hydrogen-bond donors (Lipinski definition) is 0. The van der Waals surface area contributed by atoms with Gasteiger partial charge in [-0.25, -0.2) is 0 Å². The van der Waals surface area contributed by atoms with Crippen molar-refractivity contribution in [3.63, 3.8) is 0 Å². The predicted octanol–water partition coefficient (Wildman–Crippen LogP) is 5.57. The molecule has 142 valence electrons. The maximum absolute atomic E-state index is 6.14. The largest absolute Gasteiger partial charge is 0.335 e. The Morgan fingerprint density at radius 3 is 1.50 bits per heavy atom. The Morgan fingerprint density at radius 1 is 0.607 bits per heavy atom. The molecular formula is C25H25NO2. The molecule has 0 aromatic heterocycles. The molecule has 28 heavy (non-hydrogen) atoms. The third kappa shape index (κ3) is 4.07. The standard InChI is InChI=1S/C25H25NO2/c1-26(2)25(27-17-21-13-7-11-19-9-3-5-15-23(19)21)28-18-22-14-8-12-20-10-4-6-16-24(20)22/h3-16,25H,17-18H2,1-2H3. The van der Waals surface area contributed by atoms with Crippen molar-refractivity contribution < 1.29 is 9.47 Å². The average Bonchev–Trinajstić information content (AvgIpc) is 2.73. The van der Waals surface area contributed by atoms with Crippen molar-refractivity contribution in [3.8, 4) is 0 Å². The van der Waals surface area contributed by atoms with E-state index in [1.165, 1.54) is 32.7 Å². The molecule has 0 amide bonds. The molecule has 0 aliphatic carbocycles. The third-order valence-corrected chi connectivity index (χ3v) is 4.94. The third-order valence-electron chi connectivity index (χ3n) is 4.94. The Kier molecular flexibility index (Phi) is 5.68. The van der Waals surface area contributed by atoms with Gasteiger partial charge in [0.2, 0.25) is 6.41 Å². The zero-order valence-corrected chi connectivity index (χ0v) is 16.3. The summed E-state index contributed by atoms with van der Waals surface area (Å²) in [6.45, 7) is 0.999. The van der Waals surface area contributed by atoms with Crippen molar-refractivity contribution in [1.82, 2.24) is 4.90 Å². The fourth-order valence-corrected chi connectivity index (χ4v) is 3.51. The van der Waals surface area contributed by atoms with Gasteiger partial charge in [0.05, 0.1) is 13.2 Å². The summed E-state index contributed by atoms with van der Waals surface area (Å²) in [6.07, 6.45) is -0.419. The van der Waals surface area contributed by atoms with Gasteiger partial charge in [-0.15, -0.1) is 0 Å². The zero-order chi connectivity index (χ0) is 19.3. The van der Waals surface area contributed by atoms with E-state index in [-0.39, 0.29) is 0 Å². The van der Waals surface area contributed by atoms with Crippen molar-refractivity contribution in [1.29, 1.82) is 0 Å². The summed E-state index contributed by atoms with van der Waals surface area (Å²) >= 11 is 0. The maximum atomic E-state index is 6.14. The molecule has 0 aliphatic heterocycles. The van der Waals surface area contributed by atoms with Gasteiger partial charge in [0, 0.05) is 0 Å². The van der Waals surface area contributed by atoms with Crippen LogP contribution in [-0.2, 0) is 22.7 Å². The summed E-state index contributed by atoms with van der Waals surface area (Å²) in [5.41, 5.74) is 2.33. The minimum atomic E-state index is -0.419. The monoisotopic (exact) mass is 371 g/mol. The van der Waals surface area contributed by atoms with Crippen molar-refractivity contribution in [3.05, 3.63) is 96.1 Å². The minimum absolute atomic E-state index is 0.419. The van der Waals surface area contributed by atoms with Crippen LogP contribution in [-0.4, -0.2) is 25.4 Å². The van der Waals surface area contributed by atoms with Gasteiger partial charge in [0.15, 0.2) is 0 Å². The van der Waals surface area contributed by atoms with Crippen LogP contribution in [0, 0.1) is 0 Å². The van der Waals surface area contributed by atoms with Crippen LogP contribution in [0.1, 0.15) is 11.1 Å². The molecule has 3 nitrogen and oxygen atoms in total. The number of fused-ring (bicyclic) bond motifs is 2. The van der Waals surface area contributed by atoms with Gasteiger partial charge in [-0.1, -0.05) is 84.9 Å². The van der Waals surface area contributed by atoms with E-state index in [1.54, 1.807) is 0 Å². The lowest BCUT2D eigenvalue weighted by Crippen LogP contribution is -2.33. The predicted molar refractivity (Wildman–Crippen MR) is 115 cm³/mol. The first-order valence-electron chi connectivity index (χ1n) is 9.55. The Hall–Kier alpha value is -2.72. The summed E-state index contributed by atoms with van der Waals surface area (Å²) in [5, 5.41) is 4.89. The van der Waals surface area contributed by atoms with Crippen molar-refractivity contribution in [2.24, 2.45) is 0 Å².